The fourth-order valence-electron chi connectivity index (χ4n) is 8.77. The summed E-state index contributed by atoms with van der Waals surface area (Å²) in [5, 5.41) is 23.3. The maximum atomic E-state index is 12.5. The molecule has 0 bridgehead atoms. The molecule has 3 aromatic rings. The van der Waals surface area contributed by atoms with E-state index in [1.54, 1.807) is 41.4 Å². The molecule has 4 N–H and O–H groups in total. The highest BCUT2D eigenvalue weighted by atomic mass is 16.5. The Morgan fingerprint density at radius 1 is 0.714 bits per heavy atom. The van der Waals surface area contributed by atoms with E-state index >= 15 is 0 Å². The van der Waals surface area contributed by atoms with Crippen molar-refractivity contribution >= 4 is 23.5 Å². The third-order valence-corrected chi connectivity index (χ3v) is 11.7. The zero-order valence-corrected chi connectivity index (χ0v) is 32.4. The number of anilines is 1. The largest absolute Gasteiger partial charge is 0.391 e. The number of likely N-dealkylation sites (tertiary alicyclic amines) is 2. The number of aliphatic hydroxyl groups excluding tert-OH is 1. The van der Waals surface area contributed by atoms with Gasteiger partial charge in [-0.2, -0.15) is 4.98 Å². The zero-order valence-electron chi connectivity index (χ0n) is 32.4. The van der Waals surface area contributed by atoms with Crippen molar-refractivity contribution in [3.8, 4) is 0 Å². The maximum absolute atomic E-state index is 12.5. The Bertz CT molecular complexity index is 1810. The van der Waals surface area contributed by atoms with E-state index in [1.807, 2.05) is 11.0 Å². The minimum absolute atomic E-state index is 0. The molecule has 304 valence electrons. The Balaban J connectivity index is 0.000000141. The molecule has 0 aliphatic carbocycles. The summed E-state index contributed by atoms with van der Waals surface area (Å²) in [6.07, 6.45) is 11.7. The van der Waals surface area contributed by atoms with Crippen LogP contribution in [0.1, 0.15) is 116 Å². The molecule has 0 aromatic carbocycles. The highest BCUT2D eigenvalue weighted by Crippen LogP contribution is 2.40. The highest BCUT2D eigenvalue weighted by Gasteiger charge is 2.58. The minimum atomic E-state index is -0.742. The summed E-state index contributed by atoms with van der Waals surface area (Å²) in [7, 11) is 0. The number of nitrogens with zero attached hydrogens (tertiary/aromatic N) is 9. The van der Waals surface area contributed by atoms with Gasteiger partial charge in [-0.15, -0.1) is 0 Å². The van der Waals surface area contributed by atoms with E-state index in [0.717, 1.165) is 88.7 Å². The van der Waals surface area contributed by atoms with Crippen molar-refractivity contribution in [2.24, 2.45) is 5.92 Å². The smallest absolute Gasteiger partial charge is 0.251 e. The van der Waals surface area contributed by atoms with Gasteiger partial charge in [0, 0.05) is 37.6 Å². The summed E-state index contributed by atoms with van der Waals surface area (Å²) < 4.78 is 4.98. The van der Waals surface area contributed by atoms with Crippen LogP contribution in [0.4, 0.5) is 5.82 Å². The summed E-state index contributed by atoms with van der Waals surface area (Å²) in [4.78, 5) is 63.7. The van der Waals surface area contributed by atoms with Crippen molar-refractivity contribution in [3.63, 3.8) is 0 Å². The van der Waals surface area contributed by atoms with Crippen molar-refractivity contribution in [2.45, 2.75) is 121 Å². The second-order valence-corrected chi connectivity index (χ2v) is 16.3. The van der Waals surface area contributed by atoms with Gasteiger partial charge < -0.3 is 35.4 Å². The fourth-order valence-corrected chi connectivity index (χ4v) is 8.77. The topological polar surface area (TPSA) is 208 Å². The SMILES string of the molecule is C.CC(C)C(c1ncccn1)N1CC2(CCCN2)C1=O.CC(C)c1nccc(N2CC3(CCCN3)C2=O)n1.C[C@@H](O)[C@@H](c1ncno1)N1CC2(CCCN2)C1=O. The van der Waals surface area contributed by atoms with E-state index in [-0.39, 0.29) is 54.1 Å². The van der Waals surface area contributed by atoms with Crippen LogP contribution in [0.3, 0.4) is 0 Å². The number of hydrogen-bond donors (Lipinski definition) is 4. The molecule has 3 spiro atoms. The van der Waals surface area contributed by atoms with Gasteiger partial charge in [0.2, 0.25) is 17.7 Å². The van der Waals surface area contributed by atoms with Gasteiger partial charge in [0.15, 0.2) is 12.2 Å². The summed E-state index contributed by atoms with van der Waals surface area (Å²) >= 11 is 0. The summed E-state index contributed by atoms with van der Waals surface area (Å²) in [5.74, 6) is 3.54. The molecule has 3 aromatic heterocycles. The third kappa shape index (κ3) is 7.53. The first-order chi connectivity index (χ1) is 26.4. The van der Waals surface area contributed by atoms with Crippen LogP contribution in [0.5, 0.6) is 0 Å². The van der Waals surface area contributed by atoms with Gasteiger partial charge in [0.25, 0.3) is 5.89 Å². The Hall–Kier alpha value is -4.45. The van der Waals surface area contributed by atoms with Crippen LogP contribution in [0.2, 0.25) is 0 Å². The van der Waals surface area contributed by atoms with E-state index in [1.165, 1.54) is 6.33 Å². The molecule has 3 amide bonds. The monoisotopic (exact) mass is 774 g/mol. The summed E-state index contributed by atoms with van der Waals surface area (Å²) in [5.41, 5.74) is -0.974. The average Bonchev–Trinajstić information content (AvgIpc) is 4.03. The number of carbonyl (C=O) groups is 3. The van der Waals surface area contributed by atoms with Crippen molar-refractivity contribution in [2.75, 3.05) is 44.2 Å². The molecule has 6 saturated heterocycles. The lowest BCUT2D eigenvalue weighted by molar-refractivity contribution is -0.161. The van der Waals surface area contributed by atoms with E-state index < -0.39 is 17.7 Å². The van der Waals surface area contributed by atoms with E-state index in [9.17, 15) is 19.5 Å². The molecule has 17 nitrogen and oxygen atoms in total. The number of β-lactam (4-membered cyclic amide) rings is 3. The number of aromatic nitrogens is 6. The normalized spacial score (nSPS) is 28.0. The Labute approximate surface area is 328 Å². The van der Waals surface area contributed by atoms with Crippen LogP contribution in [-0.4, -0.2) is 125 Å². The van der Waals surface area contributed by atoms with Crippen LogP contribution in [0, 0.1) is 5.92 Å². The lowest BCUT2D eigenvalue weighted by Gasteiger charge is -2.50. The lowest BCUT2D eigenvalue weighted by Crippen LogP contribution is -2.72. The molecule has 6 atom stereocenters. The fraction of sp³-hybridized carbons (Fsp3) is 0.667. The number of nitrogens with one attached hydrogen (secondary N) is 3. The van der Waals surface area contributed by atoms with Crippen LogP contribution >= 0.6 is 0 Å². The summed E-state index contributed by atoms with van der Waals surface area (Å²) in [6, 6.07) is 3.06. The van der Waals surface area contributed by atoms with Crippen LogP contribution < -0.4 is 20.9 Å². The number of amides is 3. The highest BCUT2D eigenvalue weighted by molar-refractivity contribution is 6.07. The Morgan fingerprint density at radius 2 is 1.25 bits per heavy atom. The molecule has 9 rings (SSSR count). The van der Waals surface area contributed by atoms with Crippen molar-refractivity contribution in [1.82, 2.24) is 55.8 Å². The lowest BCUT2D eigenvalue weighted by atomic mass is 9.83. The molecule has 9 heterocycles. The van der Waals surface area contributed by atoms with E-state index in [2.05, 4.69) is 73.7 Å². The van der Waals surface area contributed by atoms with Gasteiger partial charge in [-0.1, -0.05) is 40.3 Å². The minimum Gasteiger partial charge on any atom is -0.391 e. The van der Waals surface area contributed by atoms with Crippen molar-refractivity contribution in [1.29, 1.82) is 0 Å². The molecule has 6 aliphatic heterocycles. The number of hydrogen-bond acceptors (Lipinski definition) is 14. The molecule has 56 heavy (non-hydrogen) atoms. The molecule has 6 aliphatic rings. The van der Waals surface area contributed by atoms with Crippen molar-refractivity contribution in [3.05, 3.63) is 54.6 Å². The average molecular weight is 775 g/mol. The second-order valence-electron chi connectivity index (χ2n) is 16.3. The standard InChI is InChI=1S/C14H20N4O.C13H18N4O.C11H16N4O3.CH4/c1-10(2)11(12-15-6-4-7-16-12)18-9-14(13(18)19)5-3-8-17-14;1-9(2)11-14-7-4-10(16-11)17-8-13(12(17)18)5-3-6-15-13;1-7(16)8(9-12-6-14-18-9)15-5-11(10(15)17)3-2-4-13-11;/h4,6-7,10-11,17H,3,5,8-9H2,1-2H3;4,7,9,15H,3,5-6,8H2,1-2H3;6-8,13,16H,2-5H2,1H3;1H4/t;;7-,8+,11?;/m..1./s1. The Morgan fingerprint density at radius 3 is 1.68 bits per heavy atom. The van der Waals surface area contributed by atoms with Gasteiger partial charge in [-0.05, 0) is 83.1 Å². The predicted octanol–water partition coefficient (Wildman–Crippen LogP) is 2.30. The molecular weight excluding hydrogens is 717 g/mol. The van der Waals surface area contributed by atoms with Gasteiger partial charge >= 0.3 is 0 Å². The predicted molar refractivity (Wildman–Crippen MR) is 207 cm³/mol. The van der Waals surface area contributed by atoms with Crippen LogP contribution in [0.25, 0.3) is 0 Å². The Kier molecular flexibility index (Phi) is 12.2. The molecular formula is C39H58N12O5. The van der Waals surface area contributed by atoms with Crippen LogP contribution in [-0.2, 0) is 14.4 Å². The molecule has 17 heteroatoms. The third-order valence-electron chi connectivity index (χ3n) is 11.7. The zero-order chi connectivity index (χ0) is 39.0. The molecule has 0 saturated carbocycles. The van der Waals surface area contributed by atoms with E-state index in [4.69, 9.17) is 4.52 Å². The van der Waals surface area contributed by atoms with Crippen molar-refractivity contribution < 1.29 is 24.0 Å². The van der Waals surface area contributed by atoms with Gasteiger partial charge in [0.1, 0.15) is 34.3 Å². The van der Waals surface area contributed by atoms with Gasteiger partial charge in [-0.25, -0.2) is 19.9 Å². The molecule has 6 fully saturated rings. The van der Waals surface area contributed by atoms with E-state index in [0.29, 0.717) is 12.5 Å². The summed E-state index contributed by atoms with van der Waals surface area (Å²) in [6.45, 7) is 14.8. The van der Waals surface area contributed by atoms with Crippen LogP contribution in [0.15, 0.2) is 41.6 Å². The number of rotatable bonds is 8. The molecule has 4 unspecified atom stereocenters. The maximum Gasteiger partial charge on any atom is 0.251 e. The number of aliphatic hydroxyl groups is 1. The first-order valence-electron chi connectivity index (χ1n) is 19.6. The molecule has 0 radical (unpaired) electrons. The van der Waals surface area contributed by atoms with Gasteiger partial charge in [0.05, 0.1) is 18.7 Å². The first-order valence-corrected chi connectivity index (χ1v) is 19.6. The number of carbonyl (C=O) groups excluding carboxylic acids is 3. The van der Waals surface area contributed by atoms with Gasteiger partial charge in [-0.3, -0.25) is 19.3 Å². The first kappa shape index (κ1) is 41.2. The second kappa shape index (κ2) is 16.6. The quantitative estimate of drug-likeness (QED) is 0.243.